The number of amides is 2. The van der Waals surface area contributed by atoms with Crippen LogP contribution in [0.15, 0.2) is 36.5 Å². The normalized spacial score (nSPS) is 10.6. The van der Waals surface area contributed by atoms with E-state index in [1.54, 1.807) is 13.1 Å². The van der Waals surface area contributed by atoms with Gasteiger partial charge >= 0.3 is 0 Å². The Bertz CT molecular complexity index is 1000. The van der Waals surface area contributed by atoms with Gasteiger partial charge in [0.25, 0.3) is 17.5 Å². The molecule has 2 heterocycles. The van der Waals surface area contributed by atoms with E-state index in [0.717, 1.165) is 22.2 Å². The van der Waals surface area contributed by atoms with Crippen LogP contribution in [0.2, 0.25) is 0 Å². The average molecular weight is 358 g/mol. The monoisotopic (exact) mass is 358 g/mol. The first-order valence-corrected chi connectivity index (χ1v) is 8.09. The second-order valence-corrected chi connectivity index (χ2v) is 6.64. The number of hydrogen-bond acceptors (Lipinski definition) is 5. The predicted molar refractivity (Wildman–Crippen MR) is 93.6 cm³/mol. The molecule has 2 amide bonds. The van der Waals surface area contributed by atoms with Gasteiger partial charge in [-0.25, -0.2) is 0 Å². The standard InChI is InChI=1S/C16H14N4O4S/c1-9-13(20(23)24)7-14(25-9)16(22)18-17-15(21)11-8-19(2)12-6-4-3-5-10(11)12/h3-8H,1-2H3,(H,17,21)(H,18,22). The molecule has 0 spiro atoms. The van der Waals surface area contributed by atoms with E-state index in [-0.39, 0.29) is 10.6 Å². The van der Waals surface area contributed by atoms with Crippen LogP contribution >= 0.6 is 11.3 Å². The van der Waals surface area contributed by atoms with Gasteiger partial charge < -0.3 is 4.57 Å². The highest BCUT2D eigenvalue weighted by atomic mass is 32.1. The van der Waals surface area contributed by atoms with E-state index in [4.69, 9.17) is 0 Å². The van der Waals surface area contributed by atoms with Crippen LogP contribution in [0.3, 0.4) is 0 Å². The highest BCUT2D eigenvalue weighted by Gasteiger charge is 2.20. The molecule has 0 bridgehead atoms. The van der Waals surface area contributed by atoms with E-state index in [1.807, 2.05) is 35.9 Å². The third-order valence-corrected chi connectivity index (χ3v) is 4.78. The Morgan fingerprint density at radius 2 is 1.88 bits per heavy atom. The Labute approximate surface area is 146 Å². The Balaban J connectivity index is 1.74. The van der Waals surface area contributed by atoms with E-state index in [1.165, 1.54) is 6.07 Å². The minimum atomic E-state index is -0.602. The first-order valence-electron chi connectivity index (χ1n) is 7.28. The number of carbonyl (C=O) groups is 2. The molecule has 0 saturated carbocycles. The molecule has 3 rings (SSSR count). The zero-order chi connectivity index (χ0) is 18.1. The minimum Gasteiger partial charge on any atom is -0.350 e. The van der Waals surface area contributed by atoms with Gasteiger partial charge in [0.2, 0.25) is 0 Å². The molecule has 2 N–H and O–H groups in total. The lowest BCUT2D eigenvalue weighted by molar-refractivity contribution is -0.385. The molecule has 2 aromatic heterocycles. The summed E-state index contributed by atoms with van der Waals surface area (Å²) in [4.78, 5) is 35.3. The van der Waals surface area contributed by atoms with Gasteiger partial charge in [-0.15, -0.1) is 11.3 Å². The highest BCUT2D eigenvalue weighted by molar-refractivity contribution is 7.14. The number of hydrogen-bond donors (Lipinski definition) is 2. The van der Waals surface area contributed by atoms with Crippen molar-refractivity contribution in [3.05, 3.63) is 62.0 Å². The molecule has 0 aliphatic carbocycles. The number of fused-ring (bicyclic) bond motifs is 1. The summed E-state index contributed by atoms with van der Waals surface area (Å²) in [5, 5.41) is 11.6. The summed E-state index contributed by atoms with van der Waals surface area (Å²) in [7, 11) is 1.82. The number of para-hydroxylation sites is 1. The van der Waals surface area contributed by atoms with Crippen LogP contribution in [-0.4, -0.2) is 21.3 Å². The van der Waals surface area contributed by atoms with Crippen molar-refractivity contribution < 1.29 is 14.5 Å². The quantitative estimate of drug-likeness (QED) is 0.554. The lowest BCUT2D eigenvalue weighted by Crippen LogP contribution is -2.41. The predicted octanol–water partition coefficient (Wildman–Crippen LogP) is 2.53. The van der Waals surface area contributed by atoms with Crippen molar-refractivity contribution in [2.45, 2.75) is 6.92 Å². The van der Waals surface area contributed by atoms with E-state index < -0.39 is 16.7 Å². The molecule has 0 unspecified atom stereocenters. The number of hydrazine groups is 1. The highest BCUT2D eigenvalue weighted by Crippen LogP contribution is 2.27. The fraction of sp³-hybridized carbons (Fsp3) is 0.125. The van der Waals surface area contributed by atoms with Gasteiger partial charge in [-0.05, 0) is 13.0 Å². The molecule has 0 atom stereocenters. The van der Waals surface area contributed by atoms with Crippen LogP contribution in [0.25, 0.3) is 10.9 Å². The summed E-state index contributed by atoms with van der Waals surface area (Å²) in [6, 6.07) is 8.60. The molecule has 9 heteroatoms. The van der Waals surface area contributed by atoms with Crippen LogP contribution in [0.4, 0.5) is 5.69 Å². The molecule has 0 saturated heterocycles. The number of nitrogens with one attached hydrogen (secondary N) is 2. The summed E-state index contributed by atoms with van der Waals surface area (Å²) < 4.78 is 1.82. The number of nitrogens with zero attached hydrogens (tertiary/aromatic N) is 2. The van der Waals surface area contributed by atoms with Gasteiger partial charge in [0.15, 0.2) is 0 Å². The van der Waals surface area contributed by atoms with Crippen molar-refractivity contribution in [2.75, 3.05) is 0 Å². The molecule has 0 fully saturated rings. The summed E-state index contributed by atoms with van der Waals surface area (Å²) in [6.07, 6.45) is 1.67. The van der Waals surface area contributed by atoms with Crippen molar-refractivity contribution in [2.24, 2.45) is 7.05 Å². The van der Waals surface area contributed by atoms with E-state index in [9.17, 15) is 19.7 Å². The van der Waals surface area contributed by atoms with Crippen molar-refractivity contribution >= 4 is 39.7 Å². The van der Waals surface area contributed by atoms with Crippen molar-refractivity contribution in [3.8, 4) is 0 Å². The van der Waals surface area contributed by atoms with Gasteiger partial charge in [0.05, 0.1) is 15.4 Å². The maximum absolute atomic E-state index is 12.3. The third kappa shape index (κ3) is 3.09. The largest absolute Gasteiger partial charge is 0.350 e. The Kier molecular flexibility index (Phi) is 4.24. The SMILES string of the molecule is Cc1sc(C(=O)NNC(=O)c2cn(C)c3ccccc23)cc1[N+](=O)[O-]. The second kappa shape index (κ2) is 6.36. The van der Waals surface area contributed by atoms with Crippen LogP contribution < -0.4 is 10.9 Å². The second-order valence-electron chi connectivity index (χ2n) is 5.39. The van der Waals surface area contributed by atoms with Crippen LogP contribution in [-0.2, 0) is 7.05 Å². The number of carbonyl (C=O) groups excluding carboxylic acids is 2. The van der Waals surface area contributed by atoms with Crippen LogP contribution in [0.5, 0.6) is 0 Å². The molecule has 1 aromatic carbocycles. The average Bonchev–Trinajstić information content (AvgIpc) is 3.14. The van der Waals surface area contributed by atoms with E-state index in [2.05, 4.69) is 10.9 Å². The maximum Gasteiger partial charge on any atom is 0.283 e. The maximum atomic E-state index is 12.3. The molecule has 25 heavy (non-hydrogen) atoms. The molecule has 0 aliphatic heterocycles. The first kappa shape index (κ1) is 16.7. The Morgan fingerprint density at radius 3 is 2.56 bits per heavy atom. The van der Waals surface area contributed by atoms with Gasteiger partial charge in [-0.2, -0.15) is 0 Å². The summed E-state index contributed by atoms with van der Waals surface area (Å²) in [5.74, 6) is -1.07. The summed E-state index contributed by atoms with van der Waals surface area (Å²) in [5.41, 5.74) is 5.84. The van der Waals surface area contributed by atoms with Crippen LogP contribution in [0, 0.1) is 17.0 Å². The Hall–Kier alpha value is -3.20. The van der Waals surface area contributed by atoms with Gasteiger partial charge in [-0.3, -0.25) is 30.6 Å². The molecule has 128 valence electrons. The number of rotatable bonds is 3. The van der Waals surface area contributed by atoms with Gasteiger partial charge in [0, 0.05) is 30.2 Å². The number of benzene rings is 1. The summed E-state index contributed by atoms with van der Waals surface area (Å²) in [6.45, 7) is 1.56. The molecule has 8 nitrogen and oxygen atoms in total. The molecule has 0 radical (unpaired) electrons. The van der Waals surface area contributed by atoms with Crippen molar-refractivity contribution in [1.82, 2.24) is 15.4 Å². The first-order chi connectivity index (χ1) is 11.9. The lowest BCUT2D eigenvalue weighted by Gasteiger charge is -2.05. The van der Waals surface area contributed by atoms with Gasteiger partial charge in [0.1, 0.15) is 4.88 Å². The molecule has 0 aliphatic rings. The number of nitro groups is 1. The minimum absolute atomic E-state index is 0.115. The smallest absolute Gasteiger partial charge is 0.283 e. The zero-order valence-corrected chi connectivity index (χ0v) is 14.2. The number of aryl methyl sites for hydroxylation is 2. The third-order valence-electron chi connectivity index (χ3n) is 3.74. The zero-order valence-electron chi connectivity index (χ0n) is 13.4. The molecular formula is C16H14N4O4S. The lowest BCUT2D eigenvalue weighted by atomic mass is 10.2. The number of aromatic nitrogens is 1. The van der Waals surface area contributed by atoms with Crippen LogP contribution in [0.1, 0.15) is 24.9 Å². The summed E-state index contributed by atoms with van der Waals surface area (Å²) >= 11 is 0.996. The molecular weight excluding hydrogens is 344 g/mol. The van der Waals surface area contributed by atoms with Crippen molar-refractivity contribution in [1.29, 1.82) is 0 Å². The fourth-order valence-electron chi connectivity index (χ4n) is 2.53. The van der Waals surface area contributed by atoms with Gasteiger partial charge in [-0.1, -0.05) is 18.2 Å². The van der Waals surface area contributed by atoms with Crippen molar-refractivity contribution in [3.63, 3.8) is 0 Å². The topological polar surface area (TPSA) is 106 Å². The van der Waals surface area contributed by atoms with E-state index in [0.29, 0.717) is 10.4 Å². The Morgan fingerprint density at radius 1 is 1.20 bits per heavy atom. The van der Waals surface area contributed by atoms with E-state index >= 15 is 0 Å². The molecule has 3 aromatic rings. The fourth-order valence-corrected chi connectivity index (χ4v) is 3.41. The number of thiophene rings is 1.